The number of benzene rings is 2. The summed E-state index contributed by atoms with van der Waals surface area (Å²) in [5, 5.41) is 3.31. The molecule has 1 heterocycles. The van der Waals surface area contributed by atoms with Crippen molar-refractivity contribution < 1.29 is 9.59 Å². The van der Waals surface area contributed by atoms with Crippen LogP contribution in [0, 0.1) is 0 Å². The molecule has 0 radical (unpaired) electrons. The zero-order chi connectivity index (χ0) is 23.8. The molecule has 0 unspecified atom stereocenters. The molecular formula is C25H26Cl2N4O2. The second-order valence-corrected chi connectivity index (χ2v) is 8.33. The number of urea groups is 1. The van der Waals surface area contributed by atoms with Crippen molar-refractivity contribution in [2.45, 2.75) is 13.1 Å². The summed E-state index contributed by atoms with van der Waals surface area (Å²) in [5.74, 6) is -0.186. The largest absolute Gasteiger partial charge is 0.353 e. The second kappa shape index (κ2) is 11.6. The van der Waals surface area contributed by atoms with E-state index < -0.39 is 6.03 Å². The van der Waals surface area contributed by atoms with Gasteiger partial charge >= 0.3 is 6.03 Å². The molecule has 0 bridgehead atoms. The molecule has 0 aliphatic heterocycles. The Balaban J connectivity index is 1.77. The first kappa shape index (κ1) is 24.4. The van der Waals surface area contributed by atoms with Crippen LogP contribution in [0.5, 0.6) is 0 Å². The Morgan fingerprint density at radius 2 is 1.76 bits per heavy atom. The summed E-state index contributed by atoms with van der Waals surface area (Å²) in [4.78, 5) is 29.4. The van der Waals surface area contributed by atoms with E-state index in [1.165, 1.54) is 4.90 Å². The van der Waals surface area contributed by atoms with Gasteiger partial charge in [0.05, 0.1) is 22.3 Å². The Morgan fingerprint density at radius 1 is 1.00 bits per heavy atom. The lowest BCUT2D eigenvalue weighted by molar-refractivity contribution is -0.133. The number of anilines is 1. The Kier molecular flexibility index (Phi) is 8.58. The van der Waals surface area contributed by atoms with E-state index in [-0.39, 0.29) is 24.0 Å². The number of nitrogens with zero attached hydrogens (tertiary/aromatic N) is 3. The summed E-state index contributed by atoms with van der Waals surface area (Å²) < 4.78 is 1.97. The van der Waals surface area contributed by atoms with Crippen LogP contribution in [0.1, 0.15) is 11.3 Å². The van der Waals surface area contributed by atoms with Crippen LogP contribution in [0.2, 0.25) is 10.0 Å². The SMILES string of the molecule is C=CCN(CC(=O)N(Cc1ccccc1)Cc1cccn1C)C(=O)Nc1cccc(Cl)c1Cl. The zero-order valence-electron chi connectivity index (χ0n) is 18.4. The average molecular weight is 485 g/mol. The van der Waals surface area contributed by atoms with Gasteiger partial charge in [0, 0.05) is 32.0 Å². The van der Waals surface area contributed by atoms with Gasteiger partial charge in [-0.25, -0.2) is 4.79 Å². The summed E-state index contributed by atoms with van der Waals surface area (Å²) in [6.45, 7) is 4.64. The Labute approximate surface area is 204 Å². The highest BCUT2D eigenvalue weighted by Crippen LogP contribution is 2.29. The van der Waals surface area contributed by atoms with E-state index in [2.05, 4.69) is 11.9 Å². The summed E-state index contributed by atoms with van der Waals surface area (Å²) in [6, 6.07) is 18.2. The van der Waals surface area contributed by atoms with Gasteiger partial charge in [0.1, 0.15) is 6.54 Å². The predicted molar refractivity (Wildman–Crippen MR) is 133 cm³/mol. The third-order valence-corrected chi connectivity index (χ3v) is 5.95. The number of amides is 3. The molecule has 0 saturated heterocycles. The maximum absolute atomic E-state index is 13.4. The summed E-state index contributed by atoms with van der Waals surface area (Å²) >= 11 is 12.2. The number of halogens is 2. The highest BCUT2D eigenvalue weighted by atomic mass is 35.5. The third kappa shape index (κ3) is 6.63. The van der Waals surface area contributed by atoms with Crippen molar-refractivity contribution in [2.75, 3.05) is 18.4 Å². The minimum atomic E-state index is -0.467. The quantitative estimate of drug-likeness (QED) is 0.403. The molecule has 0 aliphatic carbocycles. The smallest absolute Gasteiger partial charge is 0.322 e. The van der Waals surface area contributed by atoms with Crippen LogP contribution in [0.4, 0.5) is 10.5 Å². The van der Waals surface area contributed by atoms with Gasteiger partial charge in [-0.15, -0.1) is 6.58 Å². The fraction of sp³-hybridized carbons (Fsp3) is 0.200. The maximum atomic E-state index is 13.4. The summed E-state index contributed by atoms with van der Waals surface area (Å²) in [7, 11) is 1.94. The highest BCUT2D eigenvalue weighted by Gasteiger charge is 2.22. The second-order valence-electron chi connectivity index (χ2n) is 7.55. The van der Waals surface area contributed by atoms with Crippen molar-refractivity contribution in [1.29, 1.82) is 0 Å². The van der Waals surface area contributed by atoms with E-state index in [9.17, 15) is 9.59 Å². The highest BCUT2D eigenvalue weighted by molar-refractivity contribution is 6.43. The van der Waals surface area contributed by atoms with Gasteiger partial charge in [-0.3, -0.25) is 4.79 Å². The fourth-order valence-corrected chi connectivity index (χ4v) is 3.67. The third-order valence-electron chi connectivity index (χ3n) is 5.13. The molecule has 0 aliphatic rings. The molecule has 8 heteroatoms. The van der Waals surface area contributed by atoms with Gasteiger partial charge in [0.2, 0.25) is 5.91 Å². The van der Waals surface area contributed by atoms with E-state index in [1.807, 2.05) is 60.3 Å². The normalized spacial score (nSPS) is 10.5. The van der Waals surface area contributed by atoms with Crippen molar-refractivity contribution in [3.8, 4) is 0 Å². The summed E-state index contributed by atoms with van der Waals surface area (Å²) in [5.41, 5.74) is 2.37. The lowest BCUT2D eigenvalue weighted by Crippen LogP contribution is -2.44. The first-order valence-corrected chi connectivity index (χ1v) is 11.2. The minimum absolute atomic E-state index is 0.118. The molecule has 172 valence electrons. The number of hydrogen-bond acceptors (Lipinski definition) is 2. The lowest BCUT2D eigenvalue weighted by Gasteiger charge is -2.28. The van der Waals surface area contributed by atoms with E-state index in [0.29, 0.717) is 23.8 Å². The van der Waals surface area contributed by atoms with Gasteiger partial charge in [-0.05, 0) is 29.8 Å². The van der Waals surface area contributed by atoms with E-state index >= 15 is 0 Å². The Morgan fingerprint density at radius 3 is 2.42 bits per heavy atom. The van der Waals surface area contributed by atoms with Gasteiger partial charge in [0.15, 0.2) is 0 Å². The molecule has 2 aromatic carbocycles. The van der Waals surface area contributed by atoms with E-state index in [0.717, 1.165) is 11.3 Å². The minimum Gasteiger partial charge on any atom is -0.353 e. The standard InChI is InChI=1S/C25H26Cl2N4O2/c1-3-14-30(25(33)28-22-13-7-12-21(26)24(22)27)18-23(32)31(16-19-9-5-4-6-10-19)17-20-11-8-15-29(20)2/h3-13,15H,1,14,16-18H2,2H3,(H,28,33). The number of aromatic nitrogens is 1. The predicted octanol–water partition coefficient (Wildman–Crippen LogP) is 5.58. The van der Waals surface area contributed by atoms with Crippen molar-refractivity contribution in [1.82, 2.24) is 14.4 Å². The van der Waals surface area contributed by atoms with Crippen molar-refractivity contribution in [3.63, 3.8) is 0 Å². The van der Waals surface area contributed by atoms with Crippen molar-refractivity contribution >= 4 is 40.8 Å². The Bertz CT molecular complexity index is 1110. The fourth-order valence-electron chi connectivity index (χ4n) is 3.33. The van der Waals surface area contributed by atoms with Crippen LogP contribution in [-0.4, -0.2) is 39.4 Å². The van der Waals surface area contributed by atoms with Crippen LogP contribution < -0.4 is 5.32 Å². The molecular weight excluding hydrogens is 459 g/mol. The topological polar surface area (TPSA) is 57.6 Å². The van der Waals surface area contributed by atoms with Gasteiger partial charge < -0.3 is 19.7 Å². The molecule has 1 N–H and O–H groups in total. The molecule has 3 amide bonds. The van der Waals surface area contributed by atoms with Gasteiger partial charge in [-0.2, -0.15) is 0 Å². The number of carbonyl (C=O) groups is 2. The van der Waals surface area contributed by atoms with Crippen LogP contribution in [0.25, 0.3) is 0 Å². The van der Waals surface area contributed by atoms with Crippen LogP contribution in [-0.2, 0) is 24.9 Å². The lowest BCUT2D eigenvalue weighted by atomic mass is 10.2. The molecule has 3 aromatic rings. The number of nitrogens with one attached hydrogen (secondary N) is 1. The van der Waals surface area contributed by atoms with Crippen molar-refractivity contribution in [2.24, 2.45) is 7.05 Å². The molecule has 33 heavy (non-hydrogen) atoms. The molecule has 0 saturated carbocycles. The first-order valence-electron chi connectivity index (χ1n) is 10.4. The van der Waals surface area contributed by atoms with Crippen LogP contribution in [0.3, 0.4) is 0 Å². The van der Waals surface area contributed by atoms with Crippen LogP contribution in [0.15, 0.2) is 79.5 Å². The number of rotatable bonds is 9. The number of aryl methyl sites for hydroxylation is 1. The van der Waals surface area contributed by atoms with E-state index in [1.54, 1.807) is 29.2 Å². The molecule has 3 rings (SSSR count). The Hall–Kier alpha value is -3.22. The molecule has 0 fully saturated rings. The monoisotopic (exact) mass is 484 g/mol. The van der Waals surface area contributed by atoms with Crippen LogP contribution >= 0.6 is 23.2 Å². The molecule has 0 spiro atoms. The molecule has 6 nitrogen and oxygen atoms in total. The number of hydrogen-bond donors (Lipinski definition) is 1. The number of carbonyl (C=O) groups excluding carboxylic acids is 2. The first-order chi connectivity index (χ1) is 15.9. The average Bonchev–Trinajstić information content (AvgIpc) is 3.21. The van der Waals surface area contributed by atoms with Gasteiger partial charge in [0.25, 0.3) is 0 Å². The van der Waals surface area contributed by atoms with Crippen molar-refractivity contribution in [3.05, 3.63) is 101 Å². The van der Waals surface area contributed by atoms with E-state index in [4.69, 9.17) is 23.2 Å². The zero-order valence-corrected chi connectivity index (χ0v) is 19.9. The maximum Gasteiger partial charge on any atom is 0.322 e. The van der Waals surface area contributed by atoms with Gasteiger partial charge in [-0.1, -0.05) is 65.7 Å². The molecule has 1 aromatic heterocycles. The summed E-state index contributed by atoms with van der Waals surface area (Å²) in [6.07, 6.45) is 3.51. The molecule has 0 atom stereocenters.